The monoisotopic (exact) mass is 449 g/mol. The molecule has 0 spiro atoms. The number of carbonyl (C=O) groups excluding carboxylic acids is 2. The van der Waals surface area contributed by atoms with Gasteiger partial charge < -0.3 is 24.3 Å². The molecule has 3 aromatic rings. The number of rotatable bonds is 11. The minimum atomic E-state index is -0.341. The van der Waals surface area contributed by atoms with Crippen molar-refractivity contribution in [3.63, 3.8) is 0 Å². The van der Waals surface area contributed by atoms with E-state index in [0.29, 0.717) is 44.1 Å². The lowest BCUT2D eigenvalue weighted by Gasteiger charge is -2.27. The molecule has 0 aliphatic heterocycles. The lowest BCUT2D eigenvalue weighted by atomic mass is 10.1. The first kappa shape index (κ1) is 24.1. The average Bonchev–Trinajstić information content (AvgIpc) is 3.33. The van der Waals surface area contributed by atoms with E-state index in [-0.39, 0.29) is 18.5 Å². The van der Waals surface area contributed by atoms with Crippen molar-refractivity contribution in [2.45, 2.75) is 19.9 Å². The van der Waals surface area contributed by atoms with Gasteiger partial charge in [-0.15, -0.1) is 0 Å². The molecule has 33 heavy (non-hydrogen) atoms. The lowest BCUT2D eigenvalue weighted by molar-refractivity contribution is -0.132. The van der Waals surface area contributed by atoms with Gasteiger partial charge >= 0.3 is 6.03 Å². The Bertz CT molecular complexity index is 1010. The quantitative estimate of drug-likeness (QED) is 0.473. The number of ether oxygens (including phenoxy) is 1. The number of nitrogens with zero attached hydrogens (tertiary/aromatic N) is 2. The van der Waals surface area contributed by atoms with Crippen LogP contribution in [0.15, 0.2) is 77.4 Å². The maximum atomic E-state index is 13.3. The van der Waals surface area contributed by atoms with Gasteiger partial charge in [0.05, 0.1) is 19.4 Å². The van der Waals surface area contributed by atoms with Crippen molar-refractivity contribution in [2.24, 2.45) is 0 Å². The van der Waals surface area contributed by atoms with Crippen molar-refractivity contribution in [2.75, 3.05) is 38.7 Å². The van der Waals surface area contributed by atoms with E-state index in [1.54, 1.807) is 24.3 Å². The first-order valence-corrected chi connectivity index (χ1v) is 11.0. The van der Waals surface area contributed by atoms with E-state index in [2.05, 4.69) is 5.32 Å². The normalized spacial score (nSPS) is 10.6. The summed E-state index contributed by atoms with van der Waals surface area (Å²) >= 11 is 0. The average molecular weight is 450 g/mol. The van der Waals surface area contributed by atoms with Crippen molar-refractivity contribution in [3.8, 4) is 0 Å². The van der Waals surface area contributed by atoms with E-state index in [1.807, 2.05) is 67.6 Å². The van der Waals surface area contributed by atoms with Crippen molar-refractivity contribution in [3.05, 3.63) is 89.9 Å². The van der Waals surface area contributed by atoms with Crippen LogP contribution in [0.1, 0.15) is 16.9 Å². The van der Waals surface area contributed by atoms with Crippen LogP contribution < -0.4 is 5.32 Å². The van der Waals surface area contributed by atoms with E-state index < -0.39 is 0 Å². The number of methoxy groups -OCH3 is 1. The Hall–Kier alpha value is -3.58. The summed E-state index contributed by atoms with van der Waals surface area (Å²) in [5, 5.41) is 2.88. The van der Waals surface area contributed by atoms with E-state index in [9.17, 15) is 9.59 Å². The number of carbonyl (C=O) groups is 2. The number of anilines is 1. The van der Waals surface area contributed by atoms with E-state index >= 15 is 0 Å². The Morgan fingerprint density at radius 1 is 0.970 bits per heavy atom. The highest BCUT2D eigenvalue weighted by Crippen LogP contribution is 2.12. The molecule has 3 amide bonds. The summed E-state index contributed by atoms with van der Waals surface area (Å²) in [6.45, 7) is 3.39. The topological polar surface area (TPSA) is 75.0 Å². The van der Waals surface area contributed by atoms with Gasteiger partial charge in [-0.2, -0.15) is 0 Å². The summed E-state index contributed by atoms with van der Waals surface area (Å²) in [5.41, 5.74) is 2.87. The highest BCUT2D eigenvalue weighted by molar-refractivity contribution is 5.92. The summed E-state index contributed by atoms with van der Waals surface area (Å²) in [6, 6.07) is 20.9. The van der Waals surface area contributed by atoms with Gasteiger partial charge in [0, 0.05) is 25.9 Å². The van der Waals surface area contributed by atoms with Gasteiger partial charge in [-0.05, 0) is 48.7 Å². The van der Waals surface area contributed by atoms with E-state index in [0.717, 1.165) is 11.1 Å². The number of urea groups is 1. The van der Waals surface area contributed by atoms with Gasteiger partial charge in [-0.3, -0.25) is 4.79 Å². The molecule has 0 radical (unpaired) electrons. The maximum Gasteiger partial charge on any atom is 0.322 e. The molecule has 0 saturated heterocycles. The van der Waals surface area contributed by atoms with Crippen LogP contribution in [0.4, 0.5) is 10.5 Å². The standard InChI is InChI=1S/C26H31N3O4/c1-21-8-6-11-23(18-21)27-26(31)29(15-17-32-2)20-25(30)28(19-24-12-7-16-33-24)14-13-22-9-4-3-5-10-22/h3-12,16,18H,13-15,17,19-20H2,1-2H3,(H,27,31). The first-order chi connectivity index (χ1) is 16.0. The zero-order valence-electron chi connectivity index (χ0n) is 19.2. The molecule has 0 unspecified atom stereocenters. The molecule has 7 nitrogen and oxygen atoms in total. The predicted octanol–water partition coefficient (Wildman–Crippen LogP) is 4.34. The summed E-state index contributed by atoms with van der Waals surface area (Å²) in [4.78, 5) is 29.5. The first-order valence-electron chi connectivity index (χ1n) is 11.0. The summed E-state index contributed by atoms with van der Waals surface area (Å²) in [5.74, 6) is 0.543. The van der Waals surface area contributed by atoms with Crippen LogP contribution >= 0.6 is 0 Å². The number of nitrogens with one attached hydrogen (secondary N) is 1. The van der Waals surface area contributed by atoms with Crippen molar-refractivity contribution in [1.29, 1.82) is 0 Å². The molecule has 0 aliphatic carbocycles. The fourth-order valence-electron chi connectivity index (χ4n) is 3.43. The molecule has 0 saturated carbocycles. The fourth-order valence-corrected chi connectivity index (χ4v) is 3.43. The molecule has 0 bridgehead atoms. The molecule has 7 heteroatoms. The van der Waals surface area contributed by atoms with Crippen molar-refractivity contribution >= 4 is 17.6 Å². The van der Waals surface area contributed by atoms with E-state index in [1.165, 1.54) is 4.90 Å². The van der Waals surface area contributed by atoms with Crippen molar-refractivity contribution < 1.29 is 18.7 Å². The predicted molar refractivity (Wildman–Crippen MR) is 128 cm³/mol. The Morgan fingerprint density at radius 3 is 2.48 bits per heavy atom. The molecule has 0 atom stereocenters. The van der Waals surface area contributed by atoms with Gasteiger partial charge in [-0.25, -0.2) is 4.79 Å². The molecule has 3 rings (SSSR count). The summed E-state index contributed by atoms with van der Waals surface area (Å²) in [6.07, 6.45) is 2.30. The Kier molecular flexibility index (Phi) is 9.08. The number of furan rings is 1. The molecule has 2 aromatic carbocycles. The van der Waals surface area contributed by atoms with Crippen LogP contribution in [-0.4, -0.2) is 55.1 Å². The zero-order valence-corrected chi connectivity index (χ0v) is 19.2. The zero-order chi connectivity index (χ0) is 23.5. The summed E-state index contributed by atoms with van der Waals surface area (Å²) in [7, 11) is 1.57. The minimum Gasteiger partial charge on any atom is -0.467 e. The second-order valence-corrected chi connectivity index (χ2v) is 7.84. The van der Waals surface area contributed by atoms with E-state index in [4.69, 9.17) is 9.15 Å². The molecule has 1 N–H and O–H groups in total. The Labute approximate surface area is 194 Å². The smallest absolute Gasteiger partial charge is 0.322 e. The Balaban J connectivity index is 1.69. The number of benzene rings is 2. The number of amides is 3. The second-order valence-electron chi connectivity index (χ2n) is 7.84. The molecule has 174 valence electrons. The fraction of sp³-hybridized carbons (Fsp3) is 0.308. The van der Waals surface area contributed by atoms with Crippen LogP contribution in [0, 0.1) is 6.92 Å². The Morgan fingerprint density at radius 2 is 1.79 bits per heavy atom. The molecular formula is C26H31N3O4. The number of hydrogen-bond acceptors (Lipinski definition) is 4. The van der Waals surface area contributed by atoms with Crippen LogP contribution in [0.2, 0.25) is 0 Å². The summed E-state index contributed by atoms with van der Waals surface area (Å²) < 4.78 is 10.6. The van der Waals surface area contributed by atoms with Crippen LogP contribution in [-0.2, 0) is 22.5 Å². The van der Waals surface area contributed by atoms with Gasteiger partial charge in [0.25, 0.3) is 0 Å². The molecule has 1 aromatic heterocycles. The van der Waals surface area contributed by atoms with Crippen LogP contribution in [0.25, 0.3) is 0 Å². The van der Waals surface area contributed by atoms with Crippen LogP contribution in [0.3, 0.4) is 0 Å². The van der Waals surface area contributed by atoms with Crippen molar-refractivity contribution in [1.82, 2.24) is 9.80 Å². The molecule has 1 heterocycles. The SMILES string of the molecule is COCCN(CC(=O)N(CCc1ccccc1)Cc1ccco1)C(=O)Nc1cccc(C)c1. The molecule has 0 aliphatic rings. The van der Waals surface area contributed by atoms with Gasteiger partial charge in [0.15, 0.2) is 0 Å². The van der Waals surface area contributed by atoms with Crippen LogP contribution in [0.5, 0.6) is 0 Å². The largest absolute Gasteiger partial charge is 0.467 e. The van der Waals surface area contributed by atoms with Gasteiger partial charge in [-0.1, -0.05) is 42.5 Å². The number of aryl methyl sites for hydroxylation is 1. The lowest BCUT2D eigenvalue weighted by Crippen LogP contribution is -2.46. The second kappa shape index (κ2) is 12.5. The molecule has 0 fully saturated rings. The van der Waals surface area contributed by atoms with Gasteiger partial charge in [0.2, 0.25) is 5.91 Å². The highest BCUT2D eigenvalue weighted by Gasteiger charge is 2.22. The number of hydrogen-bond donors (Lipinski definition) is 1. The third-order valence-corrected chi connectivity index (χ3v) is 5.24. The minimum absolute atomic E-state index is 0.0590. The third kappa shape index (κ3) is 7.80. The maximum absolute atomic E-state index is 13.3. The molecular weight excluding hydrogens is 418 g/mol. The third-order valence-electron chi connectivity index (χ3n) is 5.24. The van der Waals surface area contributed by atoms with Gasteiger partial charge in [0.1, 0.15) is 12.3 Å². The highest BCUT2D eigenvalue weighted by atomic mass is 16.5.